The van der Waals surface area contributed by atoms with Crippen molar-refractivity contribution in [1.82, 2.24) is 9.97 Å². The Morgan fingerprint density at radius 1 is 1.22 bits per heavy atom. The van der Waals surface area contributed by atoms with Gasteiger partial charge >= 0.3 is 12.2 Å². The molecule has 27 heavy (non-hydrogen) atoms. The zero-order valence-corrected chi connectivity index (χ0v) is 16.2. The number of anilines is 2. The van der Waals surface area contributed by atoms with Gasteiger partial charge < -0.3 is 9.64 Å². The first-order chi connectivity index (χ1) is 12.7. The minimum absolute atomic E-state index is 0.0549. The minimum Gasteiger partial charge on any atom is -0.463 e. The molecule has 7 heteroatoms. The van der Waals surface area contributed by atoms with Gasteiger partial charge in [-0.3, -0.25) is 0 Å². The van der Waals surface area contributed by atoms with Crippen molar-refractivity contribution in [2.24, 2.45) is 5.92 Å². The maximum Gasteiger partial charge on any atom is 0.421 e. The van der Waals surface area contributed by atoms with E-state index in [9.17, 15) is 13.2 Å². The summed E-state index contributed by atoms with van der Waals surface area (Å²) >= 11 is 0. The molecule has 0 aliphatic carbocycles. The highest BCUT2D eigenvalue weighted by Gasteiger charge is 2.36. The number of hydrogen-bond donors (Lipinski definition) is 0. The predicted molar refractivity (Wildman–Crippen MR) is 100 cm³/mol. The van der Waals surface area contributed by atoms with Gasteiger partial charge in [0, 0.05) is 18.9 Å². The highest BCUT2D eigenvalue weighted by Crippen LogP contribution is 2.37. The third-order valence-electron chi connectivity index (χ3n) is 4.03. The van der Waals surface area contributed by atoms with Crippen molar-refractivity contribution in [3.05, 3.63) is 41.6 Å². The smallest absolute Gasteiger partial charge is 0.421 e. The average molecular weight is 381 g/mol. The molecule has 148 valence electrons. The van der Waals surface area contributed by atoms with E-state index in [-0.39, 0.29) is 17.7 Å². The largest absolute Gasteiger partial charge is 0.463 e. The van der Waals surface area contributed by atoms with Gasteiger partial charge in [-0.25, -0.2) is 4.98 Å². The van der Waals surface area contributed by atoms with Crippen LogP contribution in [-0.4, -0.2) is 23.6 Å². The fourth-order valence-corrected chi connectivity index (χ4v) is 2.55. The van der Waals surface area contributed by atoms with Crippen LogP contribution in [0.4, 0.5) is 24.7 Å². The fraction of sp³-hybridized carbons (Fsp3) is 0.500. The normalized spacial score (nSPS) is 11.7. The van der Waals surface area contributed by atoms with Crippen LogP contribution < -0.4 is 9.64 Å². The number of hydrogen-bond acceptors (Lipinski definition) is 4. The van der Waals surface area contributed by atoms with E-state index >= 15 is 0 Å². The Bertz CT molecular complexity index is 747. The van der Waals surface area contributed by atoms with Gasteiger partial charge in [-0.2, -0.15) is 18.2 Å². The van der Waals surface area contributed by atoms with Gasteiger partial charge in [-0.05, 0) is 36.5 Å². The summed E-state index contributed by atoms with van der Waals surface area (Å²) < 4.78 is 45.8. The number of ether oxygens (including phenoxy) is 1. The summed E-state index contributed by atoms with van der Waals surface area (Å²) in [7, 11) is 1.57. The topological polar surface area (TPSA) is 38.2 Å². The number of aryl methyl sites for hydroxylation is 1. The lowest BCUT2D eigenvalue weighted by molar-refractivity contribution is -0.137. The summed E-state index contributed by atoms with van der Waals surface area (Å²) in [6.45, 7) is 6.32. The minimum atomic E-state index is -4.56. The van der Waals surface area contributed by atoms with Gasteiger partial charge in [0.1, 0.15) is 5.56 Å². The van der Waals surface area contributed by atoms with Crippen molar-refractivity contribution < 1.29 is 17.9 Å². The molecule has 1 aromatic carbocycles. The van der Waals surface area contributed by atoms with E-state index < -0.39 is 11.7 Å². The fourth-order valence-electron chi connectivity index (χ4n) is 2.55. The Morgan fingerprint density at radius 3 is 2.59 bits per heavy atom. The molecule has 2 aromatic rings. The van der Waals surface area contributed by atoms with Crippen molar-refractivity contribution in [3.63, 3.8) is 0 Å². The molecule has 0 amide bonds. The molecule has 0 atom stereocenters. The molecule has 0 N–H and O–H groups in total. The number of alkyl halides is 3. The molecule has 4 nitrogen and oxygen atoms in total. The zero-order valence-electron chi connectivity index (χ0n) is 16.2. The Morgan fingerprint density at radius 2 is 1.96 bits per heavy atom. The molecule has 0 fully saturated rings. The number of halogens is 3. The predicted octanol–water partition coefficient (Wildman–Crippen LogP) is 5.64. The third kappa shape index (κ3) is 5.84. The van der Waals surface area contributed by atoms with Crippen LogP contribution >= 0.6 is 0 Å². The van der Waals surface area contributed by atoms with Crippen LogP contribution in [-0.2, 0) is 12.6 Å². The van der Waals surface area contributed by atoms with Crippen molar-refractivity contribution in [1.29, 1.82) is 0 Å². The Kier molecular flexibility index (Phi) is 7.05. The van der Waals surface area contributed by atoms with Crippen LogP contribution in [0.3, 0.4) is 0 Å². The molecular formula is C20H26F3N3O. The van der Waals surface area contributed by atoms with Gasteiger partial charge in [-0.15, -0.1) is 0 Å². The van der Waals surface area contributed by atoms with E-state index in [1.165, 1.54) is 4.90 Å². The standard InChI is InChI=1S/C20H26F3N3O/c1-5-6-8-15-9-7-10-16(11-15)26(4)18-17(20(21,22)23)12-24-19(25-18)27-13-14(2)3/h7,9-12,14H,5-6,8,13H2,1-4H3. The van der Waals surface area contributed by atoms with Crippen molar-refractivity contribution in [3.8, 4) is 6.01 Å². The lowest BCUT2D eigenvalue weighted by Gasteiger charge is -2.23. The molecular weight excluding hydrogens is 355 g/mol. The highest BCUT2D eigenvalue weighted by molar-refractivity contribution is 5.63. The Labute approximate surface area is 158 Å². The Hall–Kier alpha value is -2.31. The van der Waals surface area contributed by atoms with Gasteiger partial charge in [0.25, 0.3) is 0 Å². The highest BCUT2D eigenvalue weighted by atomic mass is 19.4. The SMILES string of the molecule is CCCCc1cccc(N(C)c2nc(OCC(C)C)ncc2C(F)(F)F)c1. The second kappa shape index (κ2) is 9.06. The summed E-state index contributed by atoms with van der Waals surface area (Å²) in [6.07, 6.45) is -0.797. The maximum absolute atomic E-state index is 13.5. The van der Waals surface area contributed by atoms with Crippen LogP contribution in [0.5, 0.6) is 6.01 Å². The van der Waals surface area contributed by atoms with Crippen molar-refractivity contribution in [2.45, 2.75) is 46.2 Å². The third-order valence-corrected chi connectivity index (χ3v) is 4.03. The van der Waals surface area contributed by atoms with Crippen molar-refractivity contribution >= 4 is 11.5 Å². The Balaban J connectivity index is 2.39. The van der Waals surface area contributed by atoms with E-state index in [1.54, 1.807) is 13.1 Å². The summed E-state index contributed by atoms with van der Waals surface area (Å²) in [5.41, 5.74) is 0.837. The van der Waals surface area contributed by atoms with E-state index in [0.717, 1.165) is 31.0 Å². The van der Waals surface area contributed by atoms with E-state index in [0.29, 0.717) is 12.3 Å². The quantitative estimate of drug-likeness (QED) is 0.593. The van der Waals surface area contributed by atoms with Crippen LogP contribution in [0.1, 0.15) is 44.7 Å². The molecule has 0 aliphatic rings. The van der Waals surface area contributed by atoms with Gasteiger partial charge in [0.05, 0.1) is 6.61 Å². The second-order valence-corrected chi connectivity index (χ2v) is 6.92. The number of aromatic nitrogens is 2. The first-order valence-electron chi connectivity index (χ1n) is 9.12. The molecule has 1 heterocycles. The first kappa shape index (κ1) is 21.0. The van der Waals surface area contributed by atoms with E-state index in [2.05, 4.69) is 16.9 Å². The molecule has 0 saturated carbocycles. The summed E-state index contributed by atoms with van der Waals surface area (Å²) in [5.74, 6) is -0.00350. The first-order valence-corrected chi connectivity index (χ1v) is 9.12. The molecule has 0 unspecified atom stereocenters. The van der Waals surface area contributed by atoms with Gasteiger partial charge in [0.15, 0.2) is 5.82 Å². The molecule has 2 rings (SSSR count). The maximum atomic E-state index is 13.5. The number of unbranched alkanes of at least 4 members (excludes halogenated alkanes) is 1. The van der Waals surface area contributed by atoms with Gasteiger partial charge in [-0.1, -0.05) is 39.3 Å². The lowest BCUT2D eigenvalue weighted by Crippen LogP contribution is -2.20. The summed E-state index contributed by atoms with van der Waals surface area (Å²) in [4.78, 5) is 9.22. The van der Waals surface area contributed by atoms with Crippen LogP contribution in [0.25, 0.3) is 0 Å². The van der Waals surface area contributed by atoms with E-state index in [1.807, 2.05) is 32.0 Å². The molecule has 0 bridgehead atoms. The molecule has 0 saturated heterocycles. The van der Waals surface area contributed by atoms with Gasteiger partial charge in [0.2, 0.25) is 0 Å². The van der Waals surface area contributed by atoms with Crippen LogP contribution in [0.2, 0.25) is 0 Å². The number of rotatable bonds is 8. The summed E-state index contributed by atoms with van der Waals surface area (Å²) in [5, 5.41) is 0. The van der Waals surface area contributed by atoms with E-state index in [4.69, 9.17) is 4.74 Å². The average Bonchev–Trinajstić information content (AvgIpc) is 2.63. The van der Waals surface area contributed by atoms with Crippen LogP contribution in [0, 0.1) is 5.92 Å². The van der Waals surface area contributed by atoms with Crippen LogP contribution in [0.15, 0.2) is 30.5 Å². The number of benzene rings is 1. The molecule has 0 radical (unpaired) electrons. The lowest BCUT2D eigenvalue weighted by atomic mass is 10.1. The molecule has 0 aliphatic heterocycles. The second-order valence-electron chi connectivity index (χ2n) is 6.92. The van der Waals surface area contributed by atoms with Crippen molar-refractivity contribution in [2.75, 3.05) is 18.6 Å². The number of nitrogens with zero attached hydrogens (tertiary/aromatic N) is 3. The zero-order chi connectivity index (χ0) is 20.0. The summed E-state index contributed by atoms with van der Waals surface area (Å²) in [6, 6.07) is 7.44. The molecule has 0 spiro atoms. The monoisotopic (exact) mass is 381 g/mol. The molecule has 1 aromatic heterocycles.